The van der Waals surface area contributed by atoms with Crippen molar-refractivity contribution < 1.29 is 9.59 Å². The van der Waals surface area contributed by atoms with E-state index in [9.17, 15) is 9.59 Å². The van der Waals surface area contributed by atoms with Gasteiger partial charge in [-0.3, -0.25) is 14.7 Å². The summed E-state index contributed by atoms with van der Waals surface area (Å²) in [5.74, 6) is -0.127. The van der Waals surface area contributed by atoms with Crippen molar-refractivity contribution in [3.63, 3.8) is 0 Å². The number of likely N-dealkylation sites (tertiary alicyclic amines) is 1. The summed E-state index contributed by atoms with van der Waals surface area (Å²) in [6.07, 6.45) is 2.10. The molecule has 1 aliphatic heterocycles. The van der Waals surface area contributed by atoms with Gasteiger partial charge in [-0.1, -0.05) is 23.7 Å². The zero-order valence-corrected chi connectivity index (χ0v) is 13.4. The Bertz CT molecular complexity index is 699. The number of H-pyrrole nitrogens is 1. The zero-order chi connectivity index (χ0) is 16.4. The number of benzene rings is 1. The molecule has 6 nitrogen and oxygen atoms in total. The molecule has 7 heteroatoms. The van der Waals surface area contributed by atoms with Gasteiger partial charge in [0.2, 0.25) is 11.8 Å². The van der Waals surface area contributed by atoms with Crippen LogP contribution in [0.4, 0.5) is 0 Å². The third-order valence-electron chi connectivity index (χ3n) is 4.05. The number of nitrogens with one attached hydrogen (secondary N) is 2. The summed E-state index contributed by atoms with van der Waals surface area (Å²) in [5, 5.41) is 10.2. The molecule has 1 aliphatic rings. The van der Waals surface area contributed by atoms with Crippen LogP contribution in [0.3, 0.4) is 0 Å². The van der Waals surface area contributed by atoms with Crippen molar-refractivity contribution in [3.05, 3.63) is 52.8 Å². The first-order valence-corrected chi connectivity index (χ1v) is 7.71. The Morgan fingerprint density at radius 3 is 2.78 bits per heavy atom. The molecule has 23 heavy (non-hydrogen) atoms. The third-order valence-corrected chi connectivity index (χ3v) is 4.31. The molecule has 0 radical (unpaired) electrons. The van der Waals surface area contributed by atoms with Crippen molar-refractivity contribution in [3.8, 4) is 0 Å². The fourth-order valence-corrected chi connectivity index (χ4v) is 3.05. The highest BCUT2D eigenvalue weighted by molar-refractivity contribution is 6.30. The minimum Gasteiger partial charge on any atom is -0.350 e. The molecule has 0 unspecified atom stereocenters. The minimum atomic E-state index is -0.260. The van der Waals surface area contributed by atoms with E-state index in [1.54, 1.807) is 36.3 Å². The van der Waals surface area contributed by atoms with Gasteiger partial charge in [0.05, 0.1) is 18.5 Å². The lowest BCUT2D eigenvalue weighted by Gasteiger charge is -2.26. The van der Waals surface area contributed by atoms with Crippen LogP contribution < -0.4 is 5.32 Å². The van der Waals surface area contributed by atoms with E-state index in [1.165, 1.54) is 0 Å². The summed E-state index contributed by atoms with van der Waals surface area (Å²) in [6.45, 7) is 0. The summed E-state index contributed by atoms with van der Waals surface area (Å²) in [4.78, 5) is 25.9. The molecule has 1 fully saturated rings. The lowest BCUT2D eigenvalue weighted by atomic mass is 10.00. The number of hydrogen-bond donors (Lipinski definition) is 2. The standard InChI is InChI=1S/C16H17ClN4O2/c1-21-15(23)9-13(16(21)10-2-4-11(17)5-3-10)19-14(22)8-12-6-7-18-20-12/h2-7,13,16H,8-9H2,1H3,(H,18,20)(H,19,22)/t13-,16+/m1/s1. The molecule has 2 amide bonds. The topological polar surface area (TPSA) is 78.1 Å². The van der Waals surface area contributed by atoms with Gasteiger partial charge >= 0.3 is 0 Å². The number of rotatable bonds is 4. The Morgan fingerprint density at radius 2 is 2.13 bits per heavy atom. The van der Waals surface area contributed by atoms with Gasteiger partial charge in [0.1, 0.15) is 0 Å². The summed E-state index contributed by atoms with van der Waals surface area (Å²) in [6, 6.07) is 8.65. The molecule has 0 saturated carbocycles. The molecule has 120 valence electrons. The lowest BCUT2D eigenvalue weighted by Crippen LogP contribution is -2.39. The molecule has 2 aromatic rings. The molecule has 2 atom stereocenters. The van der Waals surface area contributed by atoms with E-state index in [4.69, 9.17) is 11.6 Å². The monoisotopic (exact) mass is 332 g/mol. The van der Waals surface area contributed by atoms with E-state index < -0.39 is 0 Å². The second-order valence-corrected chi connectivity index (χ2v) is 6.07. The summed E-state index contributed by atoms with van der Waals surface area (Å²) >= 11 is 5.92. The van der Waals surface area contributed by atoms with E-state index in [0.717, 1.165) is 11.3 Å². The number of amides is 2. The van der Waals surface area contributed by atoms with Crippen molar-refractivity contribution in [1.82, 2.24) is 20.4 Å². The average Bonchev–Trinajstić information content (AvgIpc) is 3.10. The second kappa shape index (κ2) is 6.42. The van der Waals surface area contributed by atoms with Gasteiger partial charge in [0, 0.05) is 30.4 Å². The van der Waals surface area contributed by atoms with E-state index in [0.29, 0.717) is 11.4 Å². The molecule has 1 aromatic carbocycles. The molecular formula is C16H17ClN4O2. The van der Waals surface area contributed by atoms with E-state index >= 15 is 0 Å². The summed E-state index contributed by atoms with van der Waals surface area (Å²) in [7, 11) is 1.75. The smallest absolute Gasteiger partial charge is 0.226 e. The SMILES string of the molecule is CN1C(=O)C[C@@H](NC(=O)Cc2ccn[nH]2)[C@@H]1c1ccc(Cl)cc1. The van der Waals surface area contributed by atoms with Gasteiger partial charge in [-0.15, -0.1) is 0 Å². The zero-order valence-electron chi connectivity index (χ0n) is 12.6. The molecular weight excluding hydrogens is 316 g/mol. The maximum atomic E-state index is 12.2. The number of halogens is 1. The number of likely N-dealkylation sites (N-methyl/N-ethyl adjacent to an activating group) is 1. The van der Waals surface area contributed by atoms with Crippen LogP contribution in [0.1, 0.15) is 23.7 Å². The van der Waals surface area contributed by atoms with Gasteiger partial charge in [-0.2, -0.15) is 5.10 Å². The second-order valence-electron chi connectivity index (χ2n) is 5.64. The molecule has 2 heterocycles. The quantitative estimate of drug-likeness (QED) is 0.894. The fraction of sp³-hybridized carbons (Fsp3) is 0.312. The Balaban J connectivity index is 1.75. The van der Waals surface area contributed by atoms with Crippen molar-refractivity contribution in [2.45, 2.75) is 24.9 Å². The predicted molar refractivity (Wildman–Crippen MR) is 85.8 cm³/mol. The largest absolute Gasteiger partial charge is 0.350 e. The first-order valence-electron chi connectivity index (χ1n) is 7.33. The molecule has 0 spiro atoms. The van der Waals surface area contributed by atoms with Crippen LogP contribution in [0, 0.1) is 0 Å². The Morgan fingerprint density at radius 1 is 1.39 bits per heavy atom. The average molecular weight is 333 g/mol. The molecule has 2 N–H and O–H groups in total. The van der Waals surface area contributed by atoms with Crippen LogP contribution in [-0.4, -0.2) is 40.0 Å². The number of hydrogen-bond acceptors (Lipinski definition) is 3. The number of aromatic amines is 1. The van der Waals surface area contributed by atoms with Crippen LogP contribution in [0.2, 0.25) is 5.02 Å². The van der Waals surface area contributed by atoms with Crippen molar-refractivity contribution >= 4 is 23.4 Å². The third kappa shape index (κ3) is 3.37. The van der Waals surface area contributed by atoms with Crippen LogP contribution >= 0.6 is 11.6 Å². The van der Waals surface area contributed by atoms with Crippen LogP contribution in [0.15, 0.2) is 36.5 Å². The van der Waals surface area contributed by atoms with Crippen LogP contribution in [-0.2, 0) is 16.0 Å². The van der Waals surface area contributed by atoms with Crippen molar-refractivity contribution in [2.24, 2.45) is 0 Å². The molecule has 0 aliphatic carbocycles. The molecule has 1 aromatic heterocycles. The number of carbonyl (C=O) groups excluding carboxylic acids is 2. The maximum Gasteiger partial charge on any atom is 0.226 e. The Kier molecular flexibility index (Phi) is 4.34. The van der Waals surface area contributed by atoms with Gasteiger partial charge < -0.3 is 10.2 Å². The van der Waals surface area contributed by atoms with Crippen LogP contribution in [0.5, 0.6) is 0 Å². The van der Waals surface area contributed by atoms with Crippen LogP contribution in [0.25, 0.3) is 0 Å². The predicted octanol–water partition coefficient (Wildman–Crippen LogP) is 1.69. The number of nitrogens with zero attached hydrogens (tertiary/aromatic N) is 2. The van der Waals surface area contributed by atoms with Gasteiger partial charge in [-0.05, 0) is 23.8 Å². The highest BCUT2D eigenvalue weighted by Gasteiger charge is 2.39. The first kappa shape index (κ1) is 15.6. The normalized spacial score (nSPS) is 20.8. The number of aromatic nitrogens is 2. The highest BCUT2D eigenvalue weighted by atomic mass is 35.5. The lowest BCUT2D eigenvalue weighted by molar-refractivity contribution is -0.127. The van der Waals surface area contributed by atoms with Crippen molar-refractivity contribution in [2.75, 3.05) is 7.05 Å². The van der Waals surface area contributed by atoms with Gasteiger partial charge in [0.25, 0.3) is 0 Å². The van der Waals surface area contributed by atoms with Gasteiger partial charge in [0.15, 0.2) is 0 Å². The highest BCUT2D eigenvalue weighted by Crippen LogP contribution is 2.32. The van der Waals surface area contributed by atoms with Gasteiger partial charge in [-0.25, -0.2) is 0 Å². The fourth-order valence-electron chi connectivity index (χ4n) is 2.93. The molecule has 1 saturated heterocycles. The van der Waals surface area contributed by atoms with E-state index in [2.05, 4.69) is 15.5 Å². The van der Waals surface area contributed by atoms with Crippen molar-refractivity contribution in [1.29, 1.82) is 0 Å². The molecule has 3 rings (SSSR count). The molecule has 0 bridgehead atoms. The maximum absolute atomic E-state index is 12.2. The minimum absolute atomic E-state index is 0.0109. The van der Waals surface area contributed by atoms with E-state index in [-0.39, 0.29) is 30.3 Å². The van der Waals surface area contributed by atoms with E-state index in [1.807, 2.05) is 12.1 Å². The summed E-state index contributed by atoms with van der Waals surface area (Å²) < 4.78 is 0. The number of carbonyl (C=O) groups is 2. The Labute approximate surface area is 138 Å². The summed E-state index contributed by atoms with van der Waals surface area (Å²) in [5.41, 5.74) is 1.69. The Hall–Kier alpha value is -2.34. The first-order chi connectivity index (χ1) is 11.0.